The van der Waals surface area contributed by atoms with Gasteiger partial charge in [0.2, 0.25) is 0 Å². The number of alkyl halides is 2. The van der Waals surface area contributed by atoms with Crippen LogP contribution in [-0.2, 0) is 13.1 Å². The number of halogens is 3. The maximum atomic E-state index is 12.4. The van der Waals surface area contributed by atoms with E-state index in [1.807, 2.05) is 17.5 Å². The van der Waals surface area contributed by atoms with Crippen molar-refractivity contribution in [2.24, 2.45) is 4.99 Å². The highest BCUT2D eigenvalue weighted by molar-refractivity contribution is 14.0. The number of hydrogen-bond donors (Lipinski definition) is 2. The second kappa shape index (κ2) is 11.9. The molecule has 144 valence electrons. The molecule has 0 radical (unpaired) electrons. The van der Waals surface area contributed by atoms with Crippen LogP contribution >= 0.6 is 35.3 Å². The third-order valence-electron chi connectivity index (χ3n) is 3.22. The average molecular weight is 497 g/mol. The van der Waals surface area contributed by atoms with Crippen LogP contribution in [-0.4, -0.2) is 26.2 Å². The van der Waals surface area contributed by atoms with Gasteiger partial charge in [-0.25, -0.2) is 0 Å². The molecule has 9 heteroatoms. The summed E-state index contributed by atoms with van der Waals surface area (Å²) in [5, 5.41) is 8.41. The molecule has 1 heterocycles. The first-order valence-corrected chi connectivity index (χ1v) is 8.67. The summed E-state index contributed by atoms with van der Waals surface area (Å²) >= 11 is 1.67. The minimum atomic E-state index is -2.89. The Bertz CT molecular complexity index is 685. The molecule has 2 rings (SSSR count). The zero-order chi connectivity index (χ0) is 18.1. The first-order valence-electron chi connectivity index (χ1n) is 7.79. The standard InChI is InChI=1S/C17H21F2N3O2S.HI/c1-3-23-15-9-12(6-7-14(15)24-16(18)19)10-21-17(20-2)22-11-13-5-4-8-25-13;/h4-9,16H,3,10-11H2,1-2H3,(H2,20,21,22);1H. The molecule has 0 amide bonds. The number of guanidine groups is 1. The van der Waals surface area contributed by atoms with Gasteiger partial charge in [-0.2, -0.15) is 8.78 Å². The monoisotopic (exact) mass is 497 g/mol. The Morgan fingerprint density at radius 3 is 2.58 bits per heavy atom. The van der Waals surface area contributed by atoms with E-state index in [0.29, 0.717) is 31.4 Å². The minimum absolute atomic E-state index is 0. The SMILES string of the molecule is CCOc1cc(CNC(=NC)NCc2cccs2)ccc1OC(F)F.I. The smallest absolute Gasteiger partial charge is 0.387 e. The van der Waals surface area contributed by atoms with Crippen molar-refractivity contribution in [3.05, 3.63) is 46.2 Å². The molecule has 0 aliphatic rings. The van der Waals surface area contributed by atoms with Gasteiger partial charge in [-0.1, -0.05) is 12.1 Å². The number of hydrogen-bond acceptors (Lipinski definition) is 4. The molecule has 1 aromatic carbocycles. The van der Waals surface area contributed by atoms with Gasteiger partial charge in [0.1, 0.15) is 0 Å². The summed E-state index contributed by atoms with van der Waals surface area (Å²) in [6, 6.07) is 8.91. The predicted molar refractivity (Wildman–Crippen MR) is 111 cm³/mol. The van der Waals surface area contributed by atoms with Crippen molar-refractivity contribution in [1.82, 2.24) is 10.6 Å². The fourth-order valence-electron chi connectivity index (χ4n) is 2.11. The Hall–Kier alpha value is -1.62. The first kappa shape index (κ1) is 22.4. The van der Waals surface area contributed by atoms with Gasteiger partial charge in [-0.05, 0) is 36.1 Å². The van der Waals surface area contributed by atoms with Gasteiger partial charge in [0.05, 0.1) is 13.2 Å². The Balaban J connectivity index is 0.00000338. The van der Waals surface area contributed by atoms with E-state index in [1.165, 1.54) is 10.9 Å². The molecule has 0 bridgehead atoms. The molecule has 0 unspecified atom stereocenters. The molecule has 0 aliphatic heterocycles. The zero-order valence-corrected chi connectivity index (χ0v) is 17.6. The molecule has 0 fully saturated rings. The zero-order valence-electron chi connectivity index (χ0n) is 14.5. The number of thiophene rings is 1. The van der Waals surface area contributed by atoms with Crippen molar-refractivity contribution < 1.29 is 18.3 Å². The highest BCUT2D eigenvalue weighted by atomic mass is 127. The fourth-order valence-corrected chi connectivity index (χ4v) is 2.76. The van der Waals surface area contributed by atoms with Crippen molar-refractivity contribution in [3.8, 4) is 11.5 Å². The van der Waals surface area contributed by atoms with E-state index in [2.05, 4.69) is 20.4 Å². The van der Waals surface area contributed by atoms with Crippen LogP contribution in [0.3, 0.4) is 0 Å². The number of ether oxygens (including phenoxy) is 2. The van der Waals surface area contributed by atoms with E-state index in [0.717, 1.165) is 5.56 Å². The van der Waals surface area contributed by atoms with Crippen molar-refractivity contribution in [2.75, 3.05) is 13.7 Å². The molecule has 0 aliphatic carbocycles. The number of nitrogens with one attached hydrogen (secondary N) is 2. The van der Waals surface area contributed by atoms with E-state index in [-0.39, 0.29) is 29.7 Å². The molecule has 5 nitrogen and oxygen atoms in total. The quantitative estimate of drug-likeness (QED) is 0.326. The van der Waals surface area contributed by atoms with Crippen LogP contribution in [0.25, 0.3) is 0 Å². The maximum absolute atomic E-state index is 12.4. The molecule has 0 spiro atoms. The number of aliphatic imine (C=N–C) groups is 1. The van der Waals surface area contributed by atoms with E-state index in [4.69, 9.17) is 4.74 Å². The Morgan fingerprint density at radius 2 is 1.96 bits per heavy atom. The van der Waals surface area contributed by atoms with Crippen molar-refractivity contribution in [3.63, 3.8) is 0 Å². The number of rotatable bonds is 8. The van der Waals surface area contributed by atoms with Crippen LogP contribution in [0.15, 0.2) is 40.7 Å². The number of nitrogens with zero attached hydrogens (tertiary/aromatic N) is 1. The fraction of sp³-hybridized carbons (Fsp3) is 0.353. The highest BCUT2D eigenvalue weighted by Gasteiger charge is 2.11. The summed E-state index contributed by atoms with van der Waals surface area (Å²) in [6.45, 7) is 0.416. The van der Waals surface area contributed by atoms with E-state index in [9.17, 15) is 8.78 Å². The Morgan fingerprint density at radius 1 is 1.19 bits per heavy atom. The number of benzene rings is 1. The summed E-state index contributed by atoms with van der Waals surface area (Å²) < 4.78 is 34.7. The summed E-state index contributed by atoms with van der Waals surface area (Å²) in [5.74, 6) is 0.976. The normalized spacial score (nSPS) is 11.0. The second-order valence-electron chi connectivity index (χ2n) is 4.95. The molecular weight excluding hydrogens is 475 g/mol. The van der Waals surface area contributed by atoms with E-state index >= 15 is 0 Å². The van der Waals surface area contributed by atoms with Crippen LogP contribution in [0.4, 0.5) is 8.78 Å². The first-order chi connectivity index (χ1) is 12.1. The second-order valence-corrected chi connectivity index (χ2v) is 5.98. The third kappa shape index (κ3) is 7.32. The molecule has 2 N–H and O–H groups in total. The van der Waals surface area contributed by atoms with Gasteiger partial charge in [-0.3, -0.25) is 4.99 Å². The lowest BCUT2D eigenvalue weighted by Gasteiger charge is -2.14. The van der Waals surface area contributed by atoms with Gasteiger partial charge in [0.25, 0.3) is 0 Å². The van der Waals surface area contributed by atoms with Crippen molar-refractivity contribution in [2.45, 2.75) is 26.6 Å². The molecule has 26 heavy (non-hydrogen) atoms. The van der Waals surface area contributed by atoms with E-state index in [1.54, 1.807) is 37.4 Å². The summed E-state index contributed by atoms with van der Waals surface area (Å²) in [7, 11) is 1.69. The Kier molecular flexibility index (Phi) is 10.3. The summed E-state index contributed by atoms with van der Waals surface area (Å²) in [5.41, 5.74) is 0.865. The van der Waals surface area contributed by atoms with Crippen molar-refractivity contribution >= 4 is 41.3 Å². The van der Waals surface area contributed by atoms with Crippen LogP contribution in [0.5, 0.6) is 11.5 Å². The predicted octanol–water partition coefficient (Wildman–Crippen LogP) is 4.23. The summed E-state index contributed by atoms with van der Waals surface area (Å²) in [4.78, 5) is 5.37. The molecule has 0 saturated carbocycles. The molecule has 2 aromatic rings. The van der Waals surface area contributed by atoms with Gasteiger partial charge < -0.3 is 20.1 Å². The lowest BCUT2D eigenvalue weighted by atomic mass is 10.2. The van der Waals surface area contributed by atoms with Gasteiger partial charge in [-0.15, -0.1) is 35.3 Å². The van der Waals surface area contributed by atoms with Gasteiger partial charge in [0, 0.05) is 18.5 Å². The van der Waals surface area contributed by atoms with Crippen LogP contribution in [0.1, 0.15) is 17.4 Å². The van der Waals surface area contributed by atoms with Gasteiger partial charge in [0.15, 0.2) is 17.5 Å². The molecule has 1 aromatic heterocycles. The minimum Gasteiger partial charge on any atom is -0.490 e. The third-order valence-corrected chi connectivity index (χ3v) is 4.09. The average Bonchev–Trinajstić information content (AvgIpc) is 3.10. The lowest BCUT2D eigenvalue weighted by Crippen LogP contribution is -2.36. The van der Waals surface area contributed by atoms with Crippen LogP contribution in [0, 0.1) is 0 Å². The summed E-state index contributed by atoms with van der Waals surface area (Å²) in [6.07, 6.45) is 0. The molecular formula is C17H22F2IN3O2S. The van der Waals surface area contributed by atoms with Crippen molar-refractivity contribution in [1.29, 1.82) is 0 Å². The van der Waals surface area contributed by atoms with Crippen LogP contribution < -0.4 is 20.1 Å². The van der Waals surface area contributed by atoms with Crippen LogP contribution in [0.2, 0.25) is 0 Å². The topological polar surface area (TPSA) is 54.9 Å². The molecule has 0 atom stereocenters. The molecule has 0 saturated heterocycles. The Labute approximate surface area is 172 Å². The lowest BCUT2D eigenvalue weighted by molar-refractivity contribution is -0.0514. The maximum Gasteiger partial charge on any atom is 0.387 e. The highest BCUT2D eigenvalue weighted by Crippen LogP contribution is 2.29. The largest absolute Gasteiger partial charge is 0.490 e. The van der Waals surface area contributed by atoms with E-state index < -0.39 is 6.61 Å². The van der Waals surface area contributed by atoms with Gasteiger partial charge >= 0.3 is 6.61 Å².